The molecule has 0 fully saturated rings. The van der Waals surface area contributed by atoms with Gasteiger partial charge in [-0.1, -0.05) is 15.9 Å². The number of halogens is 1. The molecule has 0 spiro atoms. The van der Waals surface area contributed by atoms with E-state index in [1.54, 1.807) is 18.2 Å². The Balaban J connectivity index is 3.15. The van der Waals surface area contributed by atoms with Gasteiger partial charge in [-0.2, -0.15) is 5.26 Å². The molecule has 3 heteroatoms. The van der Waals surface area contributed by atoms with Crippen molar-refractivity contribution in [3.8, 4) is 6.07 Å². The third kappa shape index (κ3) is 1.79. The quantitative estimate of drug-likeness (QED) is 0.773. The molecule has 0 saturated heterocycles. The molecule has 0 aliphatic rings. The van der Waals surface area contributed by atoms with Crippen LogP contribution < -0.4 is 0 Å². The smallest absolute Gasteiger partial charge is 0.110 e. The fourth-order valence-electron chi connectivity index (χ4n) is 0.712. The van der Waals surface area contributed by atoms with Crippen molar-refractivity contribution in [3.05, 3.63) is 40.4 Å². The zero-order chi connectivity index (χ0) is 8.27. The van der Waals surface area contributed by atoms with Crippen molar-refractivity contribution < 1.29 is 5.11 Å². The van der Waals surface area contributed by atoms with Crippen LogP contribution in [0.25, 0.3) is 0 Å². The summed E-state index contributed by atoms with van der Waals surface area (Å²) in [6, 6.07) is 6.98. The van der Waals surface area contributed by atoms with Gasteiger partial charge in [0.25, 0.3) is 0 Å². The van der Waals surface area contributed by atoms with E-state index in [0.717, 1.165) is 11.1 Å². The number of nitriles is 1. The topological polar surface area (TPSA) is 44.0 Å². The summed E-state index contributed by atoms with van der Waals surface area (Å²) in [7, 11) is 0. The molecule has 0 saturated carbocycles. The number of nitrogens with zero attached hydrogens (tertiary/aromatic N) is 1. The lowest BCUT2D eigenvalue weighted by Crippen LogP contribution is -1.83. The minimum atomic E-state index is 0.536. The lowest BCUT2D eigenvalue weighted by molar-refractivity contribution is 0.414. The van der Waals surface area contributed by atoms with E-state index in [-0.39, 0.29) is 0 Å². The lowest BCUT2D eigenvalue weighted by Gasteiger charge is -1.98. The molecule has 0 heterocycles. The van der Waals surface area contributed by atoms with E-state index in [1.807, 2.05) is 6.07 Å². The Kier molecular flexibility index (Phi) is 2.64. The first kappa shape index (κ1) is 8.25. The average Bonchev–Trinajstić information content (AvgIpc) is 2.05. The van der Waals surface area contributed by atoms with Gasteiger partial charge in [0, 0.05) is 4.47 Å². The van der Waals surface area contributed by atoms with Gasteiger partial charge in [-0.3, -0.25) is 0 Å². The monoisotopic (exact) mass is 210 g/mol. The Morgan fingerprint density at radius 2 is 2.27 bits per heavy atom. The van der Waals surface area contributed by atoms with Gasteiger partial charge >= 0.3 is 0 Å². The van der Waals surface area contributed by atoms with Crippen LogP contribution in [0.2, 0.25) is 0 Å². The van der Waals surface area contributed by atoms with Crippen molar-refractivity contribution >= 4 is 15.9 Å². The van der Waals surface area contributed by atoms with Crippen molar-refractivity contribution in [2.24, 2.45) is 0 Å². The van der Waals surface area contributed by atoms with Crippen molar-refractivity contribution in [1.29, 1.82) is 5.26 Å². The zero-order valence-electron chi connectivity index (χ0n) is 5.58. The molecule has 11 heavy (non-hydrogen) atoms. The zero-order valence-corrected chi connectivity index (χ0v) is 7.17. The van der Waals surface area contributed by atoms with Crippen LogP contribution in [0.4, 0.5) is 0 Å². The molecule has 1 aromatic carbocycles. The molecule has 2 nitrogen and oxygen atoms in total. The summed E-state index contributed by atoms with van der Waals surface area (Å²) < 4.78 is 0.777. The highest BCUT2D eigenvalue weighted by atomic mass is 79.9. The van der Waals surface area contributed by atoms with Crippen LogP contribution in [0.5, 0.6) is 0 Å². The van der Waals surface area contributed by atoms with E-state index in [1.165, 1.54) is 0 Å². The Bertz CT molecular complexity index is 303. The Hall–Kier alpha value is -0.850. The summed E-state index contributed by atoms with van der Waals surface area (Å²) in [6.07, 6.45) is 0. The predicted molar refractivity (Wildman–Crippen MR) is 44.2 cm³/mol. The summed E-state index contributed by atoms with van der Waals surface area (Å²) >= 11 is 3.22. The van der Waals surface area contributed by atoms with Crippen LogP contribution in [0.1, 0.15) is 11.1 Å². The van der Waals surface area contributed by atoms with E-state index in [0.29, 0.717) is 11.1 Å². The molecule has 1 radical (unpaired) electrons. The second kappa shape index (κ2) is 3.51. The number of benzene rings is 1. The minimum Gasteiger partial charge on any atom is -0.385 e. The molecule has 0 bridgehead atoms. The van der Waals surface area contributed by atoms with E-state index in [4.69, 9.17) is 10.4 Å². The maximum Gasteiger partial charge on any atom is 0.110 e. The molecule has 1 N–H and O–H groups in total. The standard InChI is InChI=1S/C8H5BrNO/c9-8-2-1-6(4-10)3-7(8)5-11/h1-3,5,11H. The molecule has 1 aromatic rings. The maximum atomic E-state index is 8.67. The van der Waals surface area contributed by atoms with E-state index in [2.05, 4.69) is 15.9 Å². The second-order valence-electron chi connectivity index (χ2n) is 1.98. The Morgan fingerprint density at radius 1 is 1.55 bits per heavy atom. The van der Waals surface area contributed by atoms with E-state index in [9.17, 15) is 0 Å². The van der Waals surface area contributed by atoms with Gasteiger partial charge in [-0.25, -0.2) is 0 Å². The number of aliphatic hydroxyl groups is 1. The third-order valence-electron chi connectivity index (χ3n) is 1.26. The molecule has 0 aromatic heterocycles. The number of hydrogen-bond acceptors (Lipinski definition) is 2. The highest BCUT2D eigenvalue weighted by Crippen LogP contribution is 2.18. The molecular weight excluding hydrogens is 206 g/mol. The van der Waals surface area contributed by atoms with Crippen LogP contribution in [0.15, 0.2) is 22.7 Å². The van der Waals surface area contributed by atoms with Crippen LogP contribution >= 0.6 is 15.9 Å². The minimum absolute atomic E-state index is 0.536. The fraction of sp³-hybridized carbons (Fsp3) is 0. The highest BCUT2D eigenvalue weighted by Gasteiger charge is 1.99. The molecule has 1 rings (SSSR count). The van der Waals surface area contributed by atoms with Gasteiger partial charge in [-0.15, -0.1) is 0 Å². The van der Waals surface area contributed by atoms with Crippen LogP contribution in [-0.2, 0) is 0 Å². The van der Waals surface area contributed by atoms with Crippen molar-refractivity contribution in [2.75, 3.05) is 0 Å². The van der Waals surface area contributed by atoms with Crippen LogP contribution in [0, 0.1) is 17.9 Å². The van der Waals surface area contributed by atoms with Gasteiger partial charge in [0.1, 0.15) is 6.61 Å². The SMILES string of the molecule is N#Cc1ccc(Br)c([CH]O)c1. The van der Waals surface area contributed by atoms with Crippen molar-refractivity contribution in [3.63, 3.8) is 0 Å². The summed E-state index contributed by atoms with van der Waals surface area (Å²) in [5, 5.41) is 17.2. The normalized spacial score (nSPS) is 9.18. The first-order valence-corrected chi connectivity index (χ1v) is 3.74. The summed E-state index contributed by atoms with van der Waals surface area (Å²) in [5.74, 6) is 0. The Labute approximate surface area is 73.2 Å². The molecule has 0 aliphatic carbocycles. The van der Waals surface area contributed by atoms with Gasteiger partial charge in [-0.05, 0) is 23.8 Å². The van der Waals surface area contributed by atoms with E-state index >= 15 is 0 Å². The summed E-state index contributed by atoms with van der Waals surface area (Å²) in [6.45, 7) is 0.963. The van der Waals surface area contributed by atoms with E-state index < -0.39 is 0 Å². The first-order valence-electron chi connectivity index (χ1n) is 2.95. The molecule has 0 aliphatic heterocycles. The highest BCUT2D eigenvalue weighted by molar-refractivity contribution is 9.10. The van der Waals surface area contributed by atoms with Gasteiger partial charge in [0.05, 0.1) is 11.6 Å². The Morgan fingerprint density at radius 3 is 2.82 bits per heavy atom. The number of hydrogen-bond donors (Lipinski definition) is 1. The molecule has 0 amide bonds. The third-order valence-corrected chi connectivity index (χ3v) is 1.99. The van der Waals surface area contributed by atoms with Crippen molar-refractivity contribution in [1.82, 2.24) is 0 Å². The number of rotatable bonds is 1. The molecule has 0 atom stereocenters. The van der Waals surface area contributed by atoms with Gasteiger partial charge in [0.2, 0.25) is 0 Å². The fourth-order valence-corrected chi connectivity index (χ4v) is 1.06. The van der Waals surface area contributed by atoms with Crippen LogP contribution in [0.3, 0.4) is 0 Å². The summed E-state index contributed by atoms with van der Waals surface area (Å²) in [5.41, 5.74) is 1.15. The van der Waals surface area contributed by atoms with Crippen LogP contribution in [-0.4, -0.2) is 5.11 Å². The first-order chi connectivity index (χ1) is 5.27. The van der Waals surface area contributed by atoms with Gasteiger partial charge in [0.15, 0.2) is 0 Å². The predicted octanol–water partition coefficient (Wildman–Crippen LogP) is 2.20. The molecule has 0 unspecified atom stereocenters. The lowest BCUT2D eigenvalue weighted by atomic mass is 10.1. The maximum absolute atomic E-state index is 8.67. The largest absolute Gasteiger partial charge is 0.385 e. The molecular formula is C8H5BrNO. The summed E-state index contributed by atoms with van der Waals surface area (Å²) in [4.78, 5) is 0. The van der Waals surface area contributed by atoms with Gasteiger partial charge < -0.3 is 5.11 Å². The number of aliphatic hydroxyl groups excluding tert-OH is 1. The second-order valence-corrected chi connectivity index (χ2v) is 2.83. The molecule has 55 valence electrons. The van der Waals surface area contributed by atoms with Crippen molar-refractivity contribution in [2.45, 2.75) is 0 Å². The average molecular weight is 211 g/mol.